The monoisotopic (exact) mass is 385 g/mol. The third kappa shape index (κ3) is 5.05. The Morgan fingerprint density at radius 1 is 0.862 bits per heavy atom. The van der Waals surface area contributed by atoms with Crippen LogP contribution in [0.2, 0.25) is 0 Å². The molecular weight excluding hydrogens is 358 g/mol. The molecule has 4 aliphatic rings. The SMILES string of the molecule is C[C@H](NC(=O)OCc1ccccc1)c1cc2ccc1CCc1ccc(cc1)CC2. The van der Waals surface area contributed by atoms with Gasteiger partial charge in [0.15, 0.2) is 0 Å². The van der Waals surface area contributed by atoms with E-state index in [2.05, 4.69) is 47.8 Å². The van der Waals surface area contributed by atoms with Crippen LogP contribution in [0.5, 0.6) is 0 Å². The fraction of sp³-hybridized carbons (Fsp3) is 0.269. The molecule has 0 unspecified atom stereocenters. The predicted octanol–water partition coefficient (Wildman–Crippen LogP) is 5.56. The summed E-state index contributed by atoms with van der Waals surface area (Å²) in [6.07, 6.45) is 3.60. The van der Waals surface area contributed by atoms with E-state index in [1.54, 1.807) is 0 Å². The Bertz CT molecular complexity index is 964. The van der Waals surface area contributed by atoms with Gasteiger partial charge in [-0.05, 0) is 66.0 Å². The van der Waals surface area contributed by atoms with Gasteiger partial charge in [0.1, 0.15) is 6.61 Å². The van der Waals surface area contributed by atoms with Gasteiger partial charge in [-0.25, -0.2) is 4.79 Å². The van der Waals surface area contributed by atoms with Gasteiger partial charge >= 0.3 is 6.09 Å². The number of carbonyl (C=O) groups excluding carboxylic acids is 1. The number of hydrogen-bond acceptors (Lipinski definition) is 2. The van der Waals surface area contributed by atoms with Crippen molar-refractivity contribution in [3.63, 3.8) is 0 Å². The van der Waals surface area contributed by atoms with Crippen LogP contribution in [0, 0.1) is 0 Å². The van der Waals surface area contributed by atoms with Crippen molar-refractivity contribution in [1.29, 1.82) is 0 Å². The van der Waals surface area contributed by atoms with Gasteiger partial charge in [0.2, 0.25) is 0 Å². The van der Waals surface area contributed by atoms with E-state index in [0.29, 0.717) is 0 Å². The minimum atomic E-state index is -0.381. The molecule has 0 fully saturated rings. The molecule has 1 amide bonds. The van der Waals surface area contributed by atoms with Gasteiger partial charge in [-0.15, -0.1) is 0 Å². The summed E-state index contributed by atoms with van der Waals surface area (Å²) in [7, 11) is 0. The summed E-state index contributed by atoms with van der Waals surface area (Å²) in [5.74, 6) is 0. The normalized spacial score (nSPS) is 14.0. The number of nitrogens with one attached hydrogen (secondary N) is 1. The second-order valence-electron chi connectivity index (χ2n) is 7.78. The lowest BCUT2D eigenvalue weighted by molar-refractivity contribution is 0.136. The number of benzene rings is 3. The maximum absolute atomic E-state index is 12.3. The van der Waals surface area contributed by atoms with E-state index in [4.69, 9.17) is 4.74 Å². The summed E-state index contributed by atoms with van der Waals surface area (Å²) in [5, 5.41) is 3.01. The molecule has 0 spiro atoms. The van der Waals surface area contributed by atoms with E-state index in [0.717, 1.165) is 31.2 Å². The topological polar surface area (TPSA) is 38.3 Å². The van der Waals surface area contributed by atoms with E-state index < -0.39 is 0 Å². The molecule has 1 N–H and O–H groups in total. The van der Waals surface area contributed by atoms with Crippen LogP contribution < -0.4 is 5.32 Å². The summed E-state index contributed by atoms with van der Waals surface area (Å²) >= 11 is 0. The first kappa shape index (κ1) is 19.3. The lowest BCUT2D eigenvalue weighted by Crippen LogP contribution is -2.28. The lowest BCUT2D eigenvalue weighted by Gasteiger charge is -2.20. The molecule has 7 rings (SSSR count). The van der Waals surface area contributed by atoms with Crippen LogP contribution in [0.1, 0.15) is 46.3 Å². The Morgan fingerprint density at radius 3 is 2.21 bits per heavy atom. The van der Waals surface area contributed by atoms with Crippen molar-refractivity contribution in [2.45, 2.75) is 45.3 Å². The zero-order valence-electron chi connectivity index (χ0n) is 16.9. The maximum Gasteiger partial charge on any atom is 0.407 e. The Labute approximate surface area is 172 Å². The molecule has 0 radical (unpaired) electrons. The van der Waals surface area contributed by atoms with E-state index in [1.807, 2.05) is 37.3 Å². The number of alkyl carbamates (subject to hydrolysis) is 1. The Kier molecular flexibility index (Phi) is 5.95. The molecule has 3 aromatic rings. The minimum absolute atomic E-state index is 0.0999. The van der Waals surface area contributed by atoms with E-state index >= 15 is 0 Å². The predicted molar refractivity (Wildman–Crippen MR) is 116 cm³/mol. The third-order valence-electron chi connectivity index (χ3n) is 5.63. The van der Waals surface area contributed by atoms with Crippen molar-refractivity contribution in [3.05, 3.63) is 106 Å². The van der Waals surface area contributed by atoms with Crippen LogP contribution in [-0.4, -0.2) is 6.09 Å². The van der Waals surface area contributed by atoms with Crippen molar-refractivity contribution in [2.24, 2.45) is 0 Å². The van der Waals surface area contributed by atoms with E-state index in [9.17, 15) is 4.79 Å². The van der Waals surface area contributed by atoms with Crippen LogP contribution >= 0.6 is 0 Å². The fourth-order valence-corrected chi connectivity index (χ4v) is 3.89. The van der Waals surface area contributed by atoms with Gasteiger partial charge in [0, 0.05) is 0 Å². The second kappa shape index (κ2) is 8.95. The molecule has 0 aromatic heterocycles. The molecule has 0 saturated carbocycles. The van der Waals surface area contributed by atoms with Crippen molar-refractivity contribution in [3.8, 4) is 0 Å². The van der Waals surface area contributed by atoms with E-state index in [-0.39, 0.29) is 18.7 Å². The Morgan fingerprint density at radius 2 is 1.48 bits per heavy atom. The first-order valence-electron chi connectivity index (χ1n) is 10.3. The van der Waals surface area contributed by atoms with Gasteiger partial charge in [-0.1, -0.05) is 72.8 Å². The molecule has 4 aliphatic carbocycles. The summed E-state index contributed by atoms with van der Waals surface area (Å²) in [6, 6.07) is 25.3. The van der Waals surface area contributed by atoms with Crippen LogP contribution in [0.25, 0.3) is 0 Å². The second-order valence-corrected chi connectivity index (χ2v) is 7.78. The Balaban J connectivity index is 1.46. The number of aryl methyl sites for hydroxylation is 4. The highest BCUT2D eigenvalue weighted by Gasteiger charge is 2.16. The number of ether oxygens (including phenoxy) is 1. The van der Waals surface area contributed by atoms with E-state index in [1.165, 1.54) is 27.8 Å². The van der Waals surface area contributed by atoms with Crippen molar-refractivity contribution < 1.29 is 9.53 Å². The van der Waals surface area contributed by atoms with Gasteiger partial charge in [0.25, 0.3) is 0 Å². The average Bonchev–Trinajstić information content (AvgIpc) is 2.75. The molecule has 0 saturated heterocycles. The Hall–Kier alpha value is -3.07. The molecule has 148 valence electrons. The quantitative estimate of drug-likeness (QED) is 0.639. The van der Waals surface area contributed by atoms with Gasteiger partial charge in [-0.3, -0.25) is 0 Å². The lowest BCUT2D eigenvalue weighted by atomic mass is 9.91. The summed E-state index contributed by atoms with van der Waals surface area (Å²) < 4.78 is 5.41. The summed E-state index contributed by atoms with van der Waals surface area (Å²) in [5.41, 5.74) is 7.49. The number of rotatable bonds is 4. The zero-order chi connectivity index (χ0) is 20.1. The molecule has 4 bridgehead atoms. The van der Waals surface area contributed by atoms with Gasteiger partial charge < -0.3 is 10.1 Å². The van der Waals surface area contributed by atoms with Crippen molar-refractivity contribution in [2.75, 3.05) is 0 Å². The van der Waals surface area contributed by atoms with Crippen molar-refractivity contribution >= 4 is 6.09 Å². The smallest absolute Gasteiger partial charge is 0.407 e. The highest BCUT2D eigenvalue weighted by molar-refractivity contribution is 5.68. The zero-order valence-corrected chi connectivity index (χ0v) is 16.9. The molecule has 1 atom stereocenters. The fourth-order valence-electron chi connectivity index (χ4n) is 3.89. The molecule has 0 heterocycles. The van der Waals surface area contributed by atoms with Crippen molar-refractivity contribution in [1.82, 2.24) is 5.32 Å². The first-order chi connectivity index (χ1) is 14.2. The molecule has 29 heavy (non-hydrogen) atoms. The number of hydrogen-bond donors (Lipinski definition) is 1. The number of carbonyl (C=O) groups is 1. The summed E-state index contributed by atoms with van der Waals surface area (Å²) in [4.78, 5) is 12.3. The molecule has 0 aliphatic heterocycles. The molecule has 3 aromatic carbocycles. The summed E-state index contributed by atoms with van der Waals surface area (Å²) in [6.45, 7) is 2.31. The first-order valence-corrected chi connectivity index (χ1v) is 10.3. The average molecular weight is 386 g/mol. The highest BCUT2D eigenvalue weighted by Crippen LogP contribution is 2.24. The highest BCUT2D eigenvalue weighted by atomic mass is 16.5. The van der Waals surface area contributed by atoms with Gasteiger partial charge in [0.05, 0.1) is 6.04 Å². The largest absolute Gasteiger partial charge is 0.445 e. The molecule has 3 heteroatoms. The van der Waals surface area contributed by atoms with Crippen LogP contribution in [0.4, 0.5) is 4.79 Å². The van der Waals surface area contributed by atoms with Crippen LogP contribution in [0.15, 0.2) is 72.8 Å². The maximum atomic E-state index is 12.3. The minimum Gasteiger partial charge on any atom is -0.445 e. The van der Waals surface area contributed by atoms with Crippen LogP contribution in [-0.2, 0) is 37.0 Å². The molecule has 3 nitrogen and oxygen atoms in total. The van der Waals surface area contributed by atoms with Crippen LogP contribution in [0.3, 0.4) is 0 Å². The molecular formula is C26H27NO2. The third-order valence-corrected chi connectivity index (χ3v) is 5.63. The van der Waals surface area contributed by atoms with Gasteiger partial charge in [-0.2, -0.15) is 0 Å². The number of amides is 1. The standard InChI is InChI=1S/C26H27NO2/c1-19(27-26(28)29-18-23-5-3-2-4-6-23)25-17-22-12-11-20-7-9-21(10-8-20)13-15-24(25)16-14-22/h2-10,14,16-17,19H,11-13,15,18H2,1H3,(H,27,28)/t19-/m0/s1.